The number of benzene rings is 2. The Kier molecular flexibility index (Phi) is 6.34. The van der Waals surface area contributed by atoms with Crippen molar-refractivity contribution in [3.05, 3.63) is 82.3 Å². The van der Waals surface area contributed by atoms with Gasteiger partial charge in [0.1, 0.15) is 5.82 Å². The molecule has 2 aromatic carbocycles. The molecule has 7 heteroatoms. The third-order valence-corrected chi connectivity index (χ3v) is 6.49. The van der Waals surface area contributed by atoms with Crippen LogP contribution < -0.4 is 0 Å². The molecule has 3 unspecified atom stereocenters. The zero-order valence-electron chi connectivity index (χ0n) is 19.2. The highest BCUT2D eigenvalue weighted by atomic mass is 19.2. The Hall–Kier alpha value is -2.70. The lowest BCUT2D eigenvalue weighted by Crippen LogP contribution is -2.11. The highest BCUT2D eigenvalue weighted by Crippen LogP contribution is 2.59. The molecule has 1 saturated carbocycles. The second-order valence-corrected chi connectivity index (χ2v) is 9.68. The summed E-state index contributed by atoms with van der Waals surface area (Å²) in [7, 11) is 0. The first-order chi connectivity index (χ1) is 15.6. The van der Waals surface area contributed by atoms with Crippen molar-refractivity contribution in [3.63, 3.8) is 0 Å². The molecular formula is C26H28F4N2O. The molecular weight excluding hydrogens is 432 g/mol. The molecule has 1 aliphatic carbocycles. The molecule has 1 aliphatic rings. The predicted octanol–water partition coefficient (Wildman–Crippen LogP) is 7.34. The summed E-state index contributed by atoms with van der Waals surface area (Å²) < 4.78 is 63.6. The van der Waals surface area contributed by atoms with Crippen LogP contribution in [0.2, 0.25) is 0 Å². The summed E-state index contributed by atoms with van der Waals surface area (Å²) in [5.41, 5.74) is -0.0611. The molecule has 0 spiro atoms. The van der Waals surface area contributed by atoms with Crippen LogP contribution in [0.3, 0.4) is 0 Å². The molecule has 3 nitrogen and oxygen atoms in total. The van der Waals surface area contributed by atoms with Gasteiger partial charge in [-0.15, -0.1) is 10.2 Å². The zero-order valence-corrected chi connectivity index (χ0v) is 19.2. The van der Waals surface area contributed by atoms with E-state index in [-0.39, 0.29) is 42.0 Å². The smallest absolute Gasteiger partial charge is 0.253 e. The average molecular weight is 461 g/mol. The van der Waals surface area contributed by atoms with Gasteiger partial charge in [0.25, 0.3) is 5.89 Å². The summed E-state index contributed by atoms with van der Waals surface area (Å²) in [6.45, 7) is 7.59. The van der Waals surface area contributed by atoms with E-state index >= 15 is 4.39 Å². The molecule has 33 heavy (non-hydrogen) atoms. The lowest BCUT2D eigenvalue weighted by Gasteiger charge is -2.20. The van der Waals surface area contributed by atoms with Gasteiger partial charge >= 0.3 is 0 Å². The van der Waals surface area contributed by atoms with Crippen molar-refractivity contribution in [2.75, 3.05) is 0 Å². The monoisotopic (exact) mass is 460 g/mol. The first-order valence-electron chi connectivity index (χ1n) is 11.3. The lowest BCUT2D eigenvalue weighted by atomic mass is 9.85. The van der Waals surface area contributed by atoms with E-state index in [2.05, 4.69) is 10.2 Å². The van der Waals surface area contributed by atoms with Gasteiger partial charge in [0, 0.05) is 11.8 Å². The number of halogens is 4. The van der Waals surface area contributed by atoms with Crippen LogP contribution >= 0.6 is 0 Å². The zero-order chi connectivity index (χ0) is 23.9. The number of alkyl halides is 1. The van der Waals surface area contributed by atoms with Crippen molar-refractivity contribution in [1.82, 2.24) is 10.2 Å². The summed E-state index contributed by atoms with van der Waals surface area (Å²) in [5, 5.41) is 7.83. The number of nitrogens with zero attached hydrogens (tertiary/aromatic N) is 2. The summed E-state index contributed by atoms with van der Waals surface area (Å²) in [4.78, 5) is 0. The lowest BCUT2D eigenvalue weighted by molar-refractivity contribution is 0.215. The molecule has 0 amide bonds. The van der Waals surface area contributed by atoms with E-state index in [4.69, 9.17) is 4.42 Å². The van der Waals surface area contributed by atoms with Gasteiger partial charge in [-0.2, -0.15) is 0 Å². The van der Waals surface area contributed by atoms with Gasteiger partial charge in [0.2, 0.25) is 5.89 Å². The van der Waals surface area contributed by atoms with E-state index < -0.39 is 29.0 Å². The van der Waals surface area contributed by atoms with Crippen LogP contribution in [0.25, 0.3) is 0 Å². The maximum atomic E-state index is 15.6. The van der Waals surface area contributed by atoms with Gasteiger partial charge in [0.05, 0.1) is 0 Å². The molecule has 0 radical (unpaired) electrons. The molecule has 1 fully saturated rings. The van der Waals surface area contributed by atoms with Crippen LogP contribution in [0.15, 0.2) is 40.8 Å². The van der Waals surface area contributed by atoms with Gasteiger partial charge in [-0.1, -0.05) is 45.9 Å². The predicted molar refractivity (Wildman–Crippen MR) is 117 cm³/mol. The first kappa shape index (κ1) is 23.5. The van der Waals surface area contributed by atoms with Crippen LogP contribution in [0.5, 0.6) is 0 Å². The van der Waals surface area contributed by atoms with Gasteiger partial charge in [0.15, 0.2) is 17.3 Å². The normalized spacial score (nSPS) is 21.1. The second-order valence-electron chi connectivity index (χ2n) is 9.68. The van der Waals surface area contributed by atoms with Crippen molar-refractivity contribution < 1.29 is 22.0 Å². The highest BCUT2D eigenvalue weighted by molar-refractivity contribution is 5.32. The molecule has 1 aromatic heterocycles. The van der Waals surface area contributed by atoms with Gasteiger partial charge in [-0.25, -0.2) is 17.6 Å². The summed E-state index contributed by atoms with van der Waals surface area (Å²) >= 11 is 0. The molecule has 3 atom stereocenters. The molecule has 4 rings (SSSR count). The van der Waals surface area contributed by atoms with Gasteiger partial charge in [-0.05, 0) is 66.0 Å². The Morgan fingerprint density at radius 1 is 0.970 bits per heavy atom. The van der Waals surface area contributed by atoms with Crippen LogP contribution in [0, 0.1) is 23.4 Å². The number of hydrogen-bond donors (Lipinski definition) is 0. The molecule has 176 valence electrons. The van der Waals surface area contributed by atoms with Crippen LogP contribution in [0.1, 0.15) is 86.8 Å². The topological polar surface area (TPSA) is 38.9 Å². The van der Waals surface area contributed by atoms with Gasteiger partial charge in [-0.3, -0.25) is 0 Å². The fourth-order valence-electron chi connectivity index (χ4n) is 4.30. The van der Waals surface area contributed by atoms with Crippen molar-refractivity contribution in [2.24, 2.45) is 5.92 Å². The van der Waals surface area contributed by atoms with E-state index in [1.165, 1.54) is 18.2 Å². The maximum absolute atomic E-state index is 15.6. The summed E-state index contributed by atoms with van der Waals surface area (Å²) in [6, 6.07) is 8.77. The third-order valence-electron chi connectivity index (χ3n) is 6.49. The Morgan fingerprint density at radius 2 is 1.67 bits per heavy atom. The Balaban J connectivity index is 1.61. The van der Waals surface area contributed by atoms with E-state index in [1.807, 2.05) is 27.7 Å². The van der Waals surface area contributed by atoms with Crippen LogP contribution in [-0.2, 0) is 12.1 Å². The summed E-state index contributed by atoms with van der Waals surface area (Å²) in [5.74, 6) is -2.57. The van der Waals surface area contributed by atoms with Crippen molar-refractivity contribution in [1.29, 1.82) is 0 Å². The van der Waals surface area contributed by atoms with E-state index in [1.54, 1.807) is 18.2 Å². The number of rotatable bonds is 8. The largest absolute Gasteiger partial charge is 0.421 e. The fraction of sp³-hybridized carbons (Fsp3) is 0.462. The first-order valence-corrected chi connectivity index (χ1v) is 11.3. The number of aromatic nitrogens is 2. The molecule has 0 bridgehead atoms. The standard InChI is InChI=1S/C26H28F4N2O/c1-14(2)17-9-19(23(29)22(28)12-17)10-18(16-5-7-21(27)8-6-16)11-20-13-26(20,30)25-32-31-24(33-25)15(3)4/h5-9,12,14-15,18,20H,10-11,13H2,1-4H3. The molecule has 0 N–H and O–H groups in total. The minimum atomic E-state index is -1.73. The van der Waals surface area contributed by atoms with Gasteiger partial charge < -0.3 is 4.42 Å². The van der Waals surface area contributed by atoms with E-state index in [9.17, 15) is 13.2 Å². The minimum absolute atomic E-state index is 0.00915. The van der Waals surface area contributed by atoms with Crippen molar-refractivity contribution >= 4 is 0 Å². The second kappa shape index (κ2) is 8.92. The SMILES string of the molecule is CC(C)c1cc(F)c(F)c(CC(CC2CC2(F)c2nnc(C(C)C)o2)c2ccc(F)cc2)c1. The maximum Gasteiger partial charge on any atom is 0.253 e. The van der Waals surface area contributed by atoms with Crippen molar-refractivity contribution in [2.45, 2.75) is 70.4 Å². The van der Waals surface area contributed by atoms with Crippen LogP contribution in [0.4, 0.5) is 17.6 Å². The van der Waals surface area contributed by atoms with Crippen LogP contribution in [-0.4, -0.2) is 10.2 Å². The summed E-state index contributed by atoms with van der Waals surface area (Å²) in [6.07, 6.45) is 0.740. The highest BCUT2D eigenvalue weighted by Gasteiger charge is 2.61. The fourth-order valence-corrected chi connectivity index (χ4v) is 4.30. The molecule has 0 saturated heterocycles. The Morgan fingerprint density at radius 3 is 2.27 bits per heavy atom. The van der Waals surface area contributed by atoms with E-state index in [0.29, 0.717) is 17.9 Å². The molecule has 3 aromatic rings. The minimum Gasteiger partial charge on any atom is -0.421 e. The Bertz CT molecular complexity index is 1130. The quantitative estimate of drug-likeness (QED) is 0.330. The van der Waals surface area contributed by atoms with Crippen molar-refractivity contribution in [3.8, 4) is 0 Å². The molecule has 0 aliphatic heterocycles. The third kappa shape index (κ3) is 4.82. The van der Waals surface area contributed by atoms with E-state index in [0.717, 1.165) is 5.56 Å². The average Bonchev–Trinajstić information content (AvgIpc) is 3.18. The Labute approximate surface area is 191 Å². The molecule has 1 heterocycles. The number of hydrogen-bond acceptors (Lipinski definition) is 3.